The van der Waals surface area contributed by atoms with Crippen LogP contribution in [0.4, 0.5) is 0 Å². The molecule has 0 aliphatic rings. The van der Waals surface area contributed by atoms with Crippen molar-refractivity contribution in [2.24, 2.45) is 4.99 Å². The van der Waals surface area contributed by atoms with Crippen molar-refractivity contribution in [3.8, 4) is 0 Å². The molecule has 0 aliphatic carbocycles. The maximum atomic E-state index is 11.5. The van der Waals surface area contributed by atoms with Crippen molar-refractivity contribution >= 4 is 16.0 Å². The predicted octanol–water partition coefficient (Wildman–Crippen LogP) is 0.811. The number of hydrogen-bond acceptors (Lipinski definition) is 3. The first-order valence-electron chi connectivity index (χ1n) is 7.02. The largest absolute Gasteiger partial charge is 0.357 e. The Morgan fingerprint density at radius 2 is 1.57 bits per heavy atom. The van der Waals surface area contributed by atoms with Crippen LogP contribution in [-0.4, -0.2) is 34.5 Å². The van der Waals surface area contributed by atoms with Crippen LogP contribution in [0.5, 0.6) is 0 Å². The Labute approximate surface area is 127 Å². The smallest absolute Gasteiger partial charge is 0.215 e. The second-order valence-corrected chi connectivity index (χ2v) is 6.43. The molecule has 118 valence electrons. The van der Waals surface area contributed by atoms with Gasteiger partial charge in [-0.2, -0.15) is 0 Å². The molecule has 0 saturated carbocycles. The van der Waals surface area contributed by atoms with Gasteiger partial charge in [0.2, 0.25) is 10.0 Å². The average molecular weight is 312 g/mol. The lowest BCUT2D eigenvalue weighted by Crippen LogP contribution is -2.36. The molecule has 1 rings (SSSR count). The first-order chi connectivity index (χ1) is 10.0. The molecule has 0 heterocycles. The van der Waals surface area contributed by atoms with Crippen LogP contribution in [0.3, 0.4) is 0 Å². The predicted molar refractivity (Wildman–Crippen MR) is 86.6 cm³/mol. The molecular weight excluding hydrogens is 288 g/mol. The highest BCUT2D eigenvalue weighted by atomic mass is 32.2. The van der Waals surface area contributed by atoms with E-state index in [4.69, 9.17) is 0 Å². The summed E-state index contributed by atoms with van der Waals surface area (Å²) in [5, 5.41) is 6.31. The molecule has 0 atom stereocenters. The summed E-state index contributed by atoms with van der Waals surface area (Å²) in [6.45, 7) is 6.21. The minimum Gasteiger partial charge on any atom is -0.357 e. The molecule has 0 bridgehead atoms. The van der Waals surface area contributed by atoms with E-state index in [1.165, 1.54) is 7.05 Å². The first kappa shape index (κ1) is 17.5. The highest BCUT2D eigenvalue weighted by Crippen LogP contribution is 2.08. The molecule has 7 heteroatoms. The molecule has 1 aromatic rings. The van der Waals surface area contributed by atoms with Gasteiger partial charge in [-0.05, 0) is 32.0 Å². The van der Waals surface area contributed by atoms with Crippen molar-refractivity contribution in [2.45, 2.75) is 26.1 Å². The average Bonchev–Trinajstić information content (AvgIpc) is 2.46. The minimum absolute atomic E-state index is 0.00687. The summed E-state index contributed by atoms with van der Waals surface area (Å²) in [4.78, 5) is 4.46. The highest BCUT2D eigenvalue weighted by molar-refractivity contribution is 7.88. The van der Waals surface area contributed by atoms with Crippen LogP contribution in [0.15, 0.2) is 29.3 Å². The Balaban J connectivity index is 2.68. The van der Waals surface area contributed by atoms with E-state index in [-0.39, 0.29) is 5.75 Å². The zero-order valence-corrected chi connectivity index (χ0v) is 13.6. The van der Waals surface area contributed by atoms with Gasteiger partial charge in [0, 0.05) is 13.1 Å². The molecule has 1 aromatic carbocycles. The van der Waals surface area contributed by atoms with Gasteiger partial charge in [-0.3, -0.25) is 0 Å². The molecule has 0 amide bonds. The Morgan fingerprint density at radius 3 is 2.05 bits per heavy atom. The summed E-state index contributed by atoms with van der Waals surface area (Å²) in [7, 11) is -1.81. The number of sulfonamides is 1. The third kappa shape index (κ3) is 6.59. The van der Waals surface area contributed by atoms with Crippen molar-refractivity contribution in [1.82, 2.24) is 15.4 Å². The number of nitrogens with zero attached hydrogens (tertiary/aromatic N) is 1. The number of rotatable bonds is 7. The summed E-state index contributed by atoms with van der Waals surface area (Å²) in [5.41, 5.74) is 1.80. The van der Waals surface area contributed by atoms with Gasteiger partial charge in [-0.1, -0.05) is 24.3 Å². The molecule has 6 nitrogen and oxygen atoms in total. The second-order valence-electron chi connectivity index (χ2n) is 4.51. The van der Waals surface area contributed by atoms with Gasteiger partial charge in [0.1, 0.15) is 0 Å². The first-order valence-corrected chi connectivity index (χ1v) is 8.67. The van der Waals surface area contributed by atoms with Crippen LogP contribution in [0.25, 0.3) is 0 Å². The third-order valence-electron chi connectivity index (χ3n) is 2.80. The highest BCUT2D eigenvalue weighted by Gasteiger charge is 2.08. The zero-order chi connectivity index (χ0) is 15.7. The van der Waals surface area contributed by atoms with Gasteiger partial charge in [-0.25, -0.2) is 18.1 Å². The Morgan fingerprint density at radius 1 is 1.05 bits per heavy atom. The fourth-order valence-corrected chi connectivity index (χ4v) is 2.49. The quantitative estimate of drug-likeness (QED) is 0.514. The van der Waals surface area contributed by atoms with E-state index in [2.05, 4.69) is 20.3 Å². The van der Waals surface area contributed by atoms with Gasteiger partial charge in [0.15, 0.2) is 5.96 Å². The number of guanidine groups is 1. The van der Waals surface area contributed by atoms with E-state index in [0.29, 0.717) is 6.54 Å². The molecule has 0 unspecified atom stereocenters. The second kappa shape index (κ2) is 8.63. The Hall–Kier alpha value is -1.60. The van der Waals surface area contributed by atoms with Gasteiger partial charge >= 0.3 is 0 Å². The van der Waals surface area contributed by atoms with Crippen LogP contribution >= 0.6 is 0 Å². The molecule has 0 spiro atoms. The molecular formula is C14H24N4O2S. The lowest BCUT2D eigenvalue weighted by molar-refractivity contribution is 0.587. The van der Waals surface area contributed by atoms with E-state index < -0.39 is 10.0 Å². The summed E-state index contributed by atoms with van der Waals surface area (Å²) in [6, 6.07) is 7.44. The molecule has 0 fully saturated rings. The van der Waals surface area contributed by atoms with E-state index in [9.17, 15) is 8.42 Å². The van der Waals surface area contributed by atoms with Gasteiger partial charge in [0.25, 0.3) is 0 Å². The number of hydrogen-bond donors (Lipinski definition) is 3. The lowest BCUT2D eigenvalue weighted by Gasteiger charge is -2.09. The Bertz CT molecular complexity index is 545. The maximum Gasteiger partial charge on any atom is 0.215 e. The number of aliphatic imine (C=N–C) groups is 1. The monoisotopic (exact) mass is 312 g/mol. The standard InChI is InChI=1S/C14H24N4O2S/c1-4-16-14(17-5-2)18-10-12-6-8-13(9-7-12)11-21(19,20)15-3/h6-9,15H,4-5,10-11H2,1-3H3,(H2,16,17,18). The van der Waals surface area contributed by atoms with Crippen LogP contribution in [0.1, 0.15) is 25.0 Å². The van der Waals surface area contributed by atoms with E-state index in [0.717, 1.165) is 30.2 Å². The summed E-state index contributed by atoms with van der Waals surface area (Å²) in [5.74, 6) is 0.773. The van der Waals surface area contributed by atoms with Crippen molar-refractivity contribution < 1.29 is 8.42 Å². The third-order valence-corrected chi connectivity index (χ3v) is 4.13. The minimum atomic E-state index is -3.22. The zero-order valence-electron chi connectivity index (χ0n) is 12.8. The van der Waals surface area contributed by atoms with Crippen LogP contribution < -0.4 is 15.4 Å². The van der Waals surface area contributed by atoms with Crippen molar-refractivity contribution in [1.29, 1.82) is 0 Å². The van der Waals surface area contributed by atoms with E-state index >= 15 is 0 Å². The maximum absolute atomic E-state index is 11.5. The number of benzene rings is 1. The number of nitrogens with one attached hydrogen (secondary N) is 3. The van der Waals surface area contributed by atoms with Crippen molar-refractivity contribution in [2.75, 3.05) is 20.1 Å². The van der Waals surface area contributed by atoms with Gasteiger partial charge in [-0.15, -0.1) is 0 Å². The fourth-order valence-electron chi connectivity index (χ4n) is 1.71. The molecule has 0 saturated heterocycles. The molecule has 0 radical (unpaired) electrons. The normalized spacial score (nSPS) is 11.0. The van der Waals surface area contributed by atoms with Crippen LogP contribution in [-0.2, 0) is 22.3 Å². The van der Waals surface area contributed by atoms with Crippen molar-refractivity contribution in [3.63, 3.8) is 0 Å². The molecule has 0 aliphatic heterocycles. The summed E-state index contributed by atoms with van der Waals surface area (Å²) < 4.78 is 25.2. The van der Waals surface area contributed by atoms with Crippen LogP contribution in [0, 0.1) is 0 Å². The molecule has 3 N–H and O–H groups in total. The van der Waals surface area contributed by atoms with Crippen LogP contribution in [0.2, 0.25) is 0 Å². The van der Waals surface area contributed by atoms with Crippen molar-refractivity contribution in [3.05, 3.63) is 35.4 Å². The SMILES string of the molecule is CCNC(=NCc1ccc(CS(=O)(=O)NC)cc1)NCC. The fraction of sp³-hybridized carbons (Fsp3) is 0.500. The molecule has 21 heavy (non-hydrogen) atoms. The Kier molecular flexibility index (Phi) is 7.18. The van der Waals surface area contributed by atoms with Gasteiger partial charge < -0.3 is 10.6 Å². The topological polar surface area (TPSA) is 82.6 Å². The van der Waals surface area contributed by atoms with E-state index in [1.54, 1.807) is 0 Å². The summed E-state index contributed by atoms with van der Waals surface area (Å²) in [6.07, 6.45) is 0. The van der Waals surface area contributed by atoms with E-state index in [1.807, 2.05) is 38.1 Å². The molecule has 0 aromatic heterocycles. The summed E-state index contributed by atoms with van der Waals surface area (Å²) >= 11 is 0. The lowest BCUT2D eigenvalue weighted by atomic mass is 10.1. The van der Waals surface area contributed by atoms with Gasteiger partial charge in [0.05, 0.1) is 12.3 Å².